The van der Waals surface area contributed by atoms with Crippen LogP contribution in [0, 0.1) is 0 Å². The van der Waals surface area contributed by atoms with Gasteiger partial charge >= 0.3 is 0 Å². The summed E-state index contributed by atoms with van der Waals surface area (Å²) in [4.78, 5) is 25.5. The average Bonchev–Trinajstić information content (AvgIpc) is 2.66. The Bertz CT molecular complexity index is 557. The van der Waals surface area contributed by atoms with Crippen molar-refractivity contribution in [3.63, 3.8) is 0 Å². The lowest BCUT2D eigenvalue weighted by molar-refractivity contribution is -0.140. The number of ketones is 1. The Morgan fingerprint density at radius 3 is 2.72 bits per heavy atom. The molecule has 18 heavy (non-hydrogen) atoms. The Hall–Kier alpha value is -2.16. The highest BCUT2D eigenvalue weighted by Gasteiger charge is 2.42. The number of likely N-dealkylation sites (tertiary alicyclic amines) is 1. The quantitative estimate of drug-likeness (QED) is 0.739. The van der Waals surface area contributed by atoms with E-state index in [0.29, 0.717) is 12.1 Å². The second-order valence-corrected chi connectivity index (χ2v) is 4.55. The molecular weight excluding hydrogens is 226 g/mol. The Morgan fingerprint density at radius 1 is 1.17 bits per heavy atom. The van der Waals surface area contributed by atoms with Crippen LogP contribution in [0.3, 0.4) is 0 Å². The van der Waals surface area contributed by atoms with E-state index in [1.807, 2.05) is 42.5 Å². The van der Waals surface area contributed by atoms with Crippen molar-refractivity contribution in [3.8, 4) is 0 Å². The van der Waals surface area contributed by atoms with Crippen LogP contribution in [-0.2, 0) is 16.1 Å². The third kappa shape index (κ3) is 1.68. The second-order valence-electron chi connectivity index (χ2n) is 4.55. The second kappa shape index (κ2) is 4.26. The van der Waals surface area contributed by atoms with Crippen LogP contribution < -0.4 is 0 Å². The molecule has 1 amide bonds. The molecule has 90 valence electrons. The largest absolute Gasteiger partial charge is 0.324 e. The van der Waals surface area contributed by atoms with E-state index in [0.717, 1.165) is 12.0 Å². The Morgan fingerprint density at radius 2 is 1.94 bits per heavy atom. The van der Waals surface area contributed by atoms with Gasteiger partial charge in [-0.1, -0.05) is 48.6 Å². The Kier molecular flexibility index (Phi) is 2.59. The number of amides is 1. The third-order valence-electron chi connectivity index (χ3n) is 3.42. The molecule has 2 aliphatic rings. The summed E-state index contributed by atoms with van der Waals surface area (Å²) in [6, 6.07) is 9.69. The first-order valence-electron chi connectivity index (χ1n) is 6.03. The minimum absolute atomic E-state index is 0.0739. The van der Waals surface area contributed by atoms with Crippen molar-refractivity contribution in [1.29, 1.82) is 0 Å². The van der Waals surface area contributed by atoms with Crippen molar-refractivity contribution in [2.24, 2.45) is 0 Å². The lowest BCUT2D eigenvalue weighted by Crippen LogP contribution is -2.33. The van der Waals surface area contributed by atoms with Crippen LogP contribution in [0.1, 0.15) is 12.0 Å². The number of allylic oxidation sites excluding steroid dienone is 2. The normalized spacial score (nSPS) is 22.1. The highest BCUT2D eigenvalue weighted by molar-refractivity contribution is 6.45. The minimum atomic E-state index is -0.376. The summed E-state index contributed by atoms with van der Waals surface area (Å²) in [7, 11) is 0. The molecule has 1 atom stereocenters. The van der Waals surface area contributed by atoms with E-state index in [4.69, 9.17) is 0 Å². The number of rotatable bonds is 2. The van der Waals surface area contributed by atoms with Gasteiger partial charge in [0.2, 0.25) is 5.78 Å². The van der Waals surface area contributed by atoms with Gasteiger partial charge < -0.3 is 4.90 Å². The van der Waals surface area contributed by atoms with Gasteiger partial charge in [-0.15, -0.1) is 0 Å². The number of benzene rings is 1. The lowest BCUT2D eigenvalue weighted by Gasteiger charge is -2.24. The van der Waals surface area contributed by atoms with Crippen LogP contribution in [0.5, 0.6) is 0 Å². The summed E-state index contributed by atoms with van der Waals surface area (Å²) in [6.45, 7) is 0.501. The summed E-state index contributed by atoms with van der Waals surface area (Å²) in [5.74, 6) is -0.723. The number of hydrogen-bond acceptors (Lipinski definition) is 2. The van der Waals surface area contributed by atoms with Gasteiger partial charge in [-0.2, -0.15) is 0 Å². The Labute approximate surface area is 105 Å². The van der Waals surface area contributed by atoms with E-state index in [2.05, 4.69) is 0 Å². The molecule has 0 aromatic heterocycles. The summed E-state index contributed by atoms with van der Waals surface area (Å²) in [6.07, 6.45) is 6.34. The lowest BCUT2D eigenvalue weighted by atomic mass is 9.99. The summed E-state index contributed by atoms with van der Waals surface area (Å²) < 4.78 is 0. The monoisotopic (exact) mass is 239 g/mol. The van der Waals surface area contributed by atoms with Crippen molar-refractivity contribution in [2.45, 2.75) is 19.0 Å². The topological polar surface area (TPSA) is 37.4 Å². The third-order valence-corrected chi connectivity index (χ3v) is 3.42. The maximum Gasteiger partial charge on any atom is 0.295 e. The van der Waals surface area contributed by atoms with Gasteiger partial charge in [-0.3, -0.25) is 9.59 Å². The van der Waals surface area contributed by atoms with Crippen LogP contribution in [-0.4, -0.2) is 22.6 Å². The molecule has 1 aliphatic heterocycles. The molecule has 3 heteroatoms. The summed E-state index contributed by atoms with van der Waals surface area (Å²) in [5.41, 5.74) is 1.69. The van der Waals surface area contributed by atoms with Gasteiger partial charge in [-0.05, 0) is 12.0 Å². The van der Waals surface area contributed by atoms with Crippen LogP contribution in [0.15, 0.2) is 54.1 Å². The number of nitrogens with zero attached hydrogens (tertiary/aromatic N) is 1. The summed E-state index contributed by atoms with van der Waals surface area (Å²) >= 11 is 0. The maximum absolute atomic E-state index is 12.0. The van der Waals surface area contributed by atoms with E-state index in [9.17, 15) is 9.59 Å². The highest BCUT2D eigenvalue weighted by atomic mass is 16.2. The zero-order valence-corrected chi connectivity index (χ0v) is 9.87. The van der Waals surface area contributed by atoms with Crippen LogP contribution in [0.2, 0.25) is 0 Å². The van der Waals surface area contributed by atoms with E-state index in [1.165, 1.54) is 0 Å². The average molecular weight is 239 g/mol. The van der Waals surface area contributed by atoms with Gasteiger partial charge in [0, 0.05) is 12.1 Å². The van der Waals surface area contributed by atoms with Crippen LogP contribution in [0.25, 0.3) is 0 Å². The van der Waals surface area contributed by atoms with Crippen LogP contribution >= 0.6 is 0 Å². The Balaban J connectivity index is 1.89. The molecule has 0 N–H and O–H groups in total. The first kappa shape index (κ1) is 11.0. The number of carbonyl (C=O) groups excluding carboxylic acids is 2. The number of fused-ring (bicyclic) bond motifs is 1. The molecule has 0 saturated carbocycles. The molecule has 3 rings (SSSR count). The minimum Gasteiger partial charge on any atom is -0.324 e. The van der Waals surface area contributed by atoms with Crippen molar-refractivity contribution >= 4 is 11.7 Å². The molecule has 0 spiro atoms. The highest BCUT2D eigenvalue weighted by Crippen LogP contribution is 2.29. The maximum atomic E-state index is 12.0. The predicted octanol–water partition coefficient (Wildman–Crippen LogP) is 1.85. The van der Waals surface area contributed by atoms with E-state index >= 15 is 0 Å². The zero-order valence-electron chi connectivity index (χ0n) is 9.87. The van der Waals surface area contributed by atoms with Crippen molar-refractivity contribution in [1.82, 2.24) is 4.90 Å². The molecule has 3 nitrogen and oxygen atoms in total. The fraction of sp³-hybridized carbons (Fsp3) is 0.200. The predicted molar refractivity (Wildman–Crippen MR) is 67.6 cm³/mol. The van der Waals surface area contributed by atoms with Crippen LogP contribution in [0.4, 0.5) is 0 Å². The molecule has 1 unspecified atom stereocenters. The molecular formula is C15H13NO2. The van der Waals surface area contributed by atoms with E-state index in [1.54, 1.807) is 11.0 Å². The number of hydrogen-bond donors (Lipinski definition) is 0. The molecule has 1 saturated heterocycles. The molecule has 1 aromatic rings. The first-order valence-corrected chi connectivity index (χ1v) is 6.03. The first-order chi connectivity index (χ1) is 8.77. The number of Topliss-reactive ketones (excluding diaryl/α,β-unsaturated/α-hetero) is 1. The smallest absolute Gasteiger partial charge is 0.295 e. The standard InChI is InChI=1S/C15H13NO2/c17-14-12-8-4-5-9-13(12)16(15(14)18)10-11-6-2-1-3-7-11/h1-8,13H,9-10H2. The fourth-order valence-electron chi connectivity index (χ4n) is 2.50. The van der Waals surface area contributed by atoms with Gasteiger partial charge in [0.05, 0.1) is 6.04 Å². The molecule has 1 aliphatic carbocycles. The van der Waals surface area contributed by atoms with Crippen molar-refractivity contribution < 1.29 is 9.59 Å². The molecule has 0 bridgehead atoms. The fourth-order valence-corrected chi connectivity index (χ4v) is 2.50. The molecule has 1 heterocycles. The van der Waals surface area contributed by atoms with Gasteiger partial charge in [-0.25, -0.2) is 0 Å². The molecule has 0 radical (unpaired) electrons. The zero-order chi connectivity index (χ0) is 12.5. The SMILES string of the molecule is O=C1C(=O)N(Cc2ccccc2)C2CC=CC=C12. The van der Waals surface area contributed by atoms with Gasteiger partial charge in [0.15, 0.2) is 0 Å². The number of carbonyl (C=O) groups is 2. The van der Waals surface area contributed by atoms with E-state index in [-0.39, 0.29) is 17.7 Å². The van der Waals surface area contributed by atoms with Crippen molar-refractivity contribution in [3.05, 3.63) is 59.7 Å². The summed E-state index contributed by atoms with van der Waals surface area (Å²) in [5, 5.41) is 0. The van der Waals surface area contributed by atoms with Gasteiger partial charge in [0.1, 0.15) is 0 Å². The van der Waals surface area contributed by atoms with E-state index < -0.39 is 0 Å². The molecule has 1 aromatic carbocycles. The molecule has 1 fully saturated rings. The van der Waals surface area contributed by atoms with Gasteiger partial charge in [0.25, 0.3) is 5.91 Å². The van der Waals surface area contributed by atoms with Crippen molar-refractivity contribution in [2.75, 3.05) is 0 Å².